The van der Waals surface area contributed by atoms with Gasteiger partial charge in [0, 0.05) is 6.04 Å². The van der Waals surface area contributed by atoms with Gasteiger partial charge in [0.2, 0.25) is 0 Å². The Morgan fingerprint density at radius 2 is 1.64 bits per heavy atom. The van der Waals surface area contributed by atoms with E-state index in [0.29, 0.717) is 5.75 Å². The second-order valence-corrected chi connectivity index (χ2v) is 6.74. The van der Waals surface area contributed by atoms with Crippen molar-refractivity contribution in [1.82, 2.24) is 10.2 Å². The van der Waals surface area contributed by atoms with Crippen molar-refractivity contribution < 1.29 is 9.53 Å². The van der Waals surface area contributed by atoms with E-state index < -0.39 is 6.10 Å². The fraction of sp³-hybridized carbons (Fsp3) is 0.381. The second kappa shape index (κ2) is 8.17. The fourth-order valence-corrected chi connectivity index (χ4v) is 3.09. The normalized spacial score (nSPS) is 17.0. The quantitative estimate of drug-likeness (QED) is 0.909. The second-order valence-electron chi connectivity index (χ2n) is 6.74. The maximum atomic E-state index is 12.3. The Bertz CT molecular complexity index is 677. The summed E-state index contributed by atoms with van der Waals surface area (Å²) in [4.78, 5) is 14.6. The average Bonchev–Trinajstić information content (AvgIpc) is 2.65. The summed E-state index contributed by atoms with van der Waals surface area (Å²) < 4.78 is 5.81. The monoisotopic (exact) mass is 338 g/mol. The van der Waals surface area contributed by atoms with Crippen LogP contribution in [0.15, 0.2) is 54.6 Å². The lowest BCUT2D eigenvalue weighted by Crippen LogP contribution is -2.47. The number of hydrogen-bond acceptors (Lipinski definition) is 3. The summed E-state index contributed by atoms with van der Waals surface area (Å²) >= 11 is 0. The molecule has 0 aliphatic carbocycles. The summed E-state index contributed by atoms with van der Waals surface area (Å²) in [6.07, 6.45) is 1.50. The topological polar surface area (TPSA) is 41.6 Å². The summed E-state index contributed by atoms with van der Waals surface area (Å²) in [5.74, 6) is 0.674. The first-order valence-corrected chi connectivity index (χ1v) is 8.93. The fourth-order valence-electron chi connectivity index (χ4n) is 3.09. The molecule has 1 N–H and O–H groups in total. The Kier molecular flexibility index (Phi) is 5.71. The highest BCUT2D eigenvalue weighted by molar-refractivity contribution is 5.81. The number of carbonyl (C=O) groups is 1. The first-order valence-electron chi connectivity index (χ1n) is 8.93. The van der Waals surface area contributed by atoms with E-state index in [1.165, 1.54) is 5.56 Å². The van der Waals surface area contributed by atoms with Crippen LogP contribution in [0.4, 0.5) is 0 Å². The molecule has 2 aromatic carbocycles. The molecule has 2 aromatic rings. The van der Waals surface area contributed by atoms with Gasteiger partial charge in [-0.3, -0.25) is 4.79 Å². The van der Waals surface area contributed by atoms with Crippen LogP contribution in [0, 0.1) is 0 Å². The smallest absolute Gasteiger partial charge is 0.260 e. The van der Waals surface area contributed by atoms with Crippen molar-refractivity contribution in [2.24, 2.45) is 0 Å². The van der Waals surface area contributed by atoms with Crippen molar-refractivity contribution >= 4 is 5.91 Å². The number of amides is 1. The highest BCUT2D eigenvalue weighted by Crippen LogP contribution is 2.22. The Morgan fingerprint density at radius 3 is 2.28 bits per heavy atom. The van der Waals surface area contributed by atoms with Gasteiger partial charge in [0.05, 0.1) is 0 Å². The molecule has 0 aromatic heterocycles. The molecule has 1 aliphatic heterocycles. The van der Waals surface area contributed by atoms with E-state index in [4.69, 9.17) is 4.74 Å². The van der Waals surface area contributed by atoms with Crippen molar-refractivity contribution in [2.75, 3.05) is 20.1 Å². The predicted octanol–water partition coefficient (Wildman–Crippen LogP) is 3.33. The maximum Gasteiger partial charge on any atom is 0.260 e. The molecule has 132 valence electrons. The van der Waals surface area contributed by atoms with E-state index in [-0.39, 0.29) is 11.9 Å². The molecule has 0 unspecified atom stereocenters. The van der Waals surface area contributed by atoms with Crippen molar-refractivity contribution in [3.8, 4) is 16.9 Å². The van der Waals surface area contributed by atoms with Gasteiger partial charge in [-0.15, -0.1) is 0 Å². The SMILES string of the molecule is C[C@@H](Oc1ccc(-c2ccccc2)cc1)C(=O)NC1CCN(C)CC1. The van der Waals surface area contributed by atoms with Crippen molar-refractivity contribution in [1.29, 1.82) is 0 Å². The van der Waals surface area contributed by atoms with Gasteiger partial charge in [0.25, 0.3) is 5.91 Å². The molecule has 4 nitrogen and oxygen atoms in total. The summed E-state index contributed by atoms with van der Waals surface area (Å²) in [6.45, 7) is 3.86. The summed E-state index contributed by atoms with van der Waals surface area (Å²) in [5, 5.41) is 3.11. The largest absolute Gasteiger partial charge is 0.481 e. The van der Waals surface area contributed by atoms with Crippen molar-refractivity contribution in [3.63, 3.8) is 0 Å². The van der Waals surface area contributed by atoms with Crippen LogP contribution in [0.3, 0.4) is 0 Å². The van der Waals surface area contributed by atoms with E-state index in [2.05, 4.69) is 29.4 Å². The van der Waals surface area contributed by atoms with Gasteiger partial charge >= 0.3 is 0 Å². The molecule has 4 heteroatoms. The highest BCUT2D eigenvalue weighted by Gasteiger charge is 2.22. The number of rotatable bonds is 5. The minimum atomic E-state index is -0.498. The zero-order valence-electron chi connectivity index (χ0n) is 14.9. The summed E-state index contributed by atoms with van der Waals surface area (Å²) in [6, 6.07) is 18.3. The van der Waals surface area contributed by atoms with Gasteiger partial charge in [0.1, 0.15) is 5.75 Å². The number of nitrogens with zero attached hydrogens (tertiary/aromatic N) is 1. The molecule has 1 aliphatic rings. The number of nitrogens with one attached hydrogen (secondary N) is 1. The van der Waals surface area contributed by atoms with Gasteiger partial charge in [-0.05, 0) is 63.2 Å². The first kappa shape index (κ1) is 17.5. The van der Waals surface area contributed by atoms with Gasteiger partial charge < -0.3 is 15.0 Å². The molecule has 1 fully saturated rings. The lowest BCUT2D eigenvalue weighted by Gasteiger charge is -2.30. The molecule has 1 heterocycles. The van der Waals surface area contributed by atoms with E-state index >= 15 is 0 Å². The highest BCUT2D eigenvalue weighted by atomic mass is 16.5. The molecular weight excluding hydrogens is 312 g/mol. The number of ether oxygens (including phenoxy) is 1. The lowest BCUT2D eigenvalue weighted by atomic mass is 10.1. The van der Waals surface area contributed by atoms with E-state index in [1.807, 2.05) is 42.5 Å². The molecule has 0 spiro atoms. The number of benzene rings is 2. The molecule has 1 amide bonds. The molecule has 0 radical (unpaired) electrons. The van der Waals surface area contributed by atoms with Crippen LogP contribution < -0.4 is 10.1 Å². The van der Waals surface area contributed by atoms with Crippen molar-refractivity contribution in [2.45, 2.75) is 31.9 Å². The third-order valence-electron chi connectivity index (χ3n) is 4.71. The van der Waals surface area contributed by atoms with Gasteiger partial charge in [-0.25, -0.2) is 0 Å². The zero-order chi connectivity index (χ0) is 17.6. The maximum absolute atomic E-state index is 12.3. The third kappa shape index (κ3) is 4.83. The summed E-state index contributed by atoms with van der Waals surface area (Å²) in [7, 11) is 2.11. The average molecular weight is 338 g/mol. The minimum Gasteiger partial charge on any atom is -0.481 e. The minimum absolute atomic E-state index is 0.0401. The zero-order valence-corrected chi connectivity index (χ0v) is 14.9. The van der Waals surface area contributed by atoms with Crippen LogP contribution in [0.5, 0.6) is 5.75 Å². The van der Waals surface area contributed by atoms with Crippen LogP contribution >= 0.6 is 0 Å². The molecule has 1 atom stereocenters. The Morgan fingerprint density at radius 1 is 1.04 bits per heavy atom. The van der Waals surface area contributed by atoms with Gasteiger partial charge in [-0.1, -0.05) is 42.5 Å². The van der Waals surface area contributed by atoms with Crippen LogP contribution in [0.25, 0.3) is 11.1 Å². The van der Waals surface area contributed by atoms with Crippen molar-refractivity contribution in [3.05, 3.63) is 54.6 Å². The predicted molar refractivity (Wildman–Crippen MR) is 101 cm³/mol. The van der Waals surface area contributed by atoms with Crippen LogP contribution in [-0.2, 0) is 4.79 Å². The molecular formula is C21H26N2O2. The summed E-state index contributed by atoms with van der Waals surface area (Å²) in [5.41, 5.74) is 2.30. The van der Waals surface area contributed by atoms with Gasteiger partial charge in [-0.2, -0.15) is 0 Å². The van der Waals surface area contributed by atoms with Gasteiger partial charge in [0.15, 0.2) is 6.10 Å². The number of likely N-dealkylation sites (tertiary alicyclic amines) is 1. The Labute approximate surface area is 149 Å². The molecule has 1 saturated heterocycles. The number of piperidine rings is 1. The molecule has 0 bridgehead atoms. The van der Waals surface area contributed by atoms with E-state index in [0.717, 1.165) is 31.5 Å². The number of carbonyl (C=O) groups excluding carboxylic acids is 1. The van der Waals surface area contributed by atoms with E-state index in [9.17, 15) is 4.79 Å². The number of hydrogen-bond donors (Lipinski definition) is 1. The first-order chi connectivity index (χ1) is 12.1. The van der Waals surface area contributed by atoms with Crippen LogP contribution in [0.2, 0.25) is 0 Å². The van der Waals surface area contributed by atoms with Crippen LogP contribution in [-0.4, -0.2) is 43.1 Å². The Hall–Kier alpha value is -2.33. The molecule has 0 saturated carbocycles. The third-order valence-corrected chi connectivity index (χ3v) is 4.71. The molecule has 3 rings (SSSR count). The lowest BCUT2D eigenvalue weighted by molar-refractivity contribution is -0.128. The molecule has 25 heavy (non-hydrogen) atoms. The van der Waals surface area contributed by atoms with Crippen LogP contribution in [0.1, 0.15) is 19.8 Å². The standard InChI is InChI=1S/C21H26N2O2/c1-16(21(24)22-19-12-14-23(2)15-13-19)25-20-10-8-18(9-11-20)17-6-4-3-5-7-17/h3-11,16,19H,12-15H2,1-2H3,(H,22,24)/t16-/m1/s1. The Balaban J connectivity index is 1.53. The van der Waals surface area contributed by atoms with E-state index in [1.54, 1.807) is 6.92 Å².